The van der Waals surface area contributed by atoms with E-state index in [2.05, 4.69) is 15.6 Å². The summed E-state index contributed by atoms with van der Waals surface area (Å²) in [4.78, 5) is 4.43. The molecule has 3 N–H and O–H groups in total. The number of halogens is 2. The van der Waals surface area contributed by atoms with Crippen LogP contribution in [0.4, 0.5) is 8.78 Å². The average molecular weight is 361 g/mol. The summed E-state index contributed by atoms with van der Waals surface area (Å²) in [6, 6.07) is 13.0. The molecule has 2 aromatic carbocycles. The first-order valence-electron chi connectivity index (χ1n) is 8.78. The summed E-state index contributed by atoms with van der Waals surface area (Å²) in [6.45, 7) is 3.61. The molecule has 0 amide bonds. The number of guanidine groups is 1. The molecule has 0 aliphatic rings. The van der Waals surface area contributed by atoms with Gasteiger partial charge in [0.1, 0.15) is 11.6 Å². The van der Waals surface area contributed by atoms with Crippen LogP contribution < -0.4 is 10.6 Å². The van der Waals surface area contributed by atoms with Gasteiger partial charge in [0, 0.05) is 25.7 Å². The van der Waals surface area contributed by atoms with E-state index in [4.69, 9.17) is 0 Å². The predicted molar refractivity (Wildman–Crippen MR) is 100 cm³/mol. The Hall–Kier alpha value is -2.47. The highest BCUT2D eigenvalue weighted by Crippen LogP contribution is 2.15. The van der Waals surface area contributed by atoms with Crippen LogP contribution in [0.2, 0.25) is 0 Å². The fourth-order valence-electron chi connectivity index (χ4n) is 2.56. The number of nitrogens with zero attached hydrogens (tertiary/aromatic N) is 1. The van der Waals surface area contributed by atoms with Crippen molar-refractivity contribution in [2.24, 2.45) is 4.99 Å². The molecule has 0 aromatic heterocycles. The van der Waals surface area contributed by atoms with Gasteiger partial charge in [-0.1, -0.05) is 30.3 Å². The minimum atomic E-state index is -0.574. The third-order valence-electron chi connectivity index (χ3n) is 3.83. The molecule has 0 heterocycles. The number of aliphatic hydroxyl groups excluding tert-OH is 1. The molecule has 2 rings (SSSR count). The molecule has 6 heteroatoms. The molecule has 2 aromatic rings. The Morgan fingerprint density at radius 1 is 1.08 bits per heavy atom. The minimum Gasteiger partial charge on any atom is -0.388 e. The molecule has 0 saturated carbocycles. The van der Waals surface area contributed by atoms with Gasteiger partial charge in [-0.2, -0.15) is 0 Å². The number of hydrogen-bond donors (Lipinski definition) is 3. The topological polar surface area (TPSA) is 56.7 Å². The zero-order valence-electron chi connectivity index (χ0n) is 14.9. The SMILES string of the molecule is CCNC(=NCCC(O)c1ccccc1)NCCc1cc(F)cc(F)c1. The second-order valence-electron chi connectivity index (χ2n) is 5.93. The summed E-state index contributed by atoms with van der Waals surface area (Å²) in [5.74, 6) is -0.532. The van der Waals surface area contributed by atoms with Gasteiger partial charge >= 0.3 is 0 Å². The smallest absolute Gasteiger partial charge is 0.191 e. The fourth-order valence-corrected chi connectivity index (χ4v) is 2.56. The van der Waals surface area contributed by atoms with Crippen molar-refractivity contribution in [1.29, 1.82) is 0 Å². The van der Waals surface area contributed by atoms with Gasteiger partial charge in [-0.25, -0.2) is 8.78 Å². The maximum absolute atomic E-state index is 13.2. The number of hydrogen-bond acceptors (Lipinski definition) is 2. The van der Waals surface area contributed by atoms with Crippen molar-refractivity contribution in [2.45, 2.75) is 25.9 Å². The molecule has 4 nitrogen and oxygen atoms in total. The first-order valence-corrected chi connectivity index (χ1v) is 8.78. The van der Waals surface area contributed by atoms with E-state index < -0.39 is 17.7 Å². The highest BCUT2D eigenvalue weighted by atomic mass is 19.1. The summed E-state index contributed by atoms with van der Waals surface area (Å²) in [7, 11) is 0. The van der Waals surface area contributed by atoms with Crippen molar-refractivity contribution in [3.63, 3.8) is 0 Å². The van der Waals surface area contributed by atoms with Crippen molar-refractivity contribution < 1.29 is 13.9 Å². The first-order chi connectivity index (χ1) is 12.6. The van der Waals surface area contributed by atoms with Crippen molar-refractivity contribution in [3.8, 4) is 0 Å². The monoisotopic (exact) mass is 361 g/mol. The highest BCUT2D eigenvalue weighted by molar-refractivity contribution is 5.79. The summed E-state index contributed by atoms with van der Waals surface area (Å²) in [6.07, 6.45) is 0.430. The van der Waals surface area contributed by atoms with E-state index in [9.17, 15) is 13.9 Å². The Labute approximate surface area is 153 Å². The van der Waals surface area contributed by atoms with Crippen LogP contribution in [0.3, 0.4) is 0 Å². The van der Waals surface area contributed by atoms with Crippen LogP contribution in [0.1, 0.15) is 30.6 Å². The molecule has 0 bridgehead atoms. The van der Waals surface area contributed by atoms with Gasteiger partial charge in [0.15, 0.2) is 5.96 Å². The third kappa shape index (κ3) is 6.80. The lowest BCUT2D eigenvalue weighted by molar-refractivity contribution is 0.170. The van der Waals surface area contributed by atoms with E-state index >= 15 is 0 Å². The Kier molecular flexibility index (Phi) is 8.02. The molecular weight excluding hydrogens is 336 g/mol. The summed E-state index contributed by atoms with van der Waals surface area (Å²) in [5, 5.41) is 16.4. The molecule has 0 fully saturated rings. The molecule has 140 valence electrons. The number of rotatable bonds is 8. The second kappa shape index (κ2) is 10.5. The van der Waals surface area contributed by atoms with Crippen molar-refractivity contribution >= 4 is 5.96 Å². The van der Waals surface area contributed by atoms with E-state index in [-0.39, 0.29) is 0 Å². The van der Waals surface area contributed by atoms with Gasteiger partial charge in [-0.3, -0.25) is 4.99 Å². The Morgan fingerprint density at radius 2 is 1.77 bits per heavy atom. The lowest BCUT2D eigenvalue weighted by Gasteiger charge is -2.13. The maximum atomic E-state index is 13.2. The average Bonchev–Trinajstić information content (AvgIpc) is 2.61. The van der Waals surface area contributed by atoms with E-state index in [1.54, 1.807) is 0 Å². The molecule has 0 saturated heterocycles. The third-order valence-corrected chi connectivity index (χ3v) is 3.83. The van der Waals surface area contributed by atoms with Crippen LogP contribution in [0, 0.1) is 11.6 Å². The fraction of sp³-hybridized carbons (Fsp3) is 0.350. The van der Waals surface area contributed by atoms with Crippen LogP contribution in [0.25, 0.3) is 0 Å². The lowest BCUT2D eigenvalue weighted by atomic mass is 10.1. The Bertz CT molecular complexity index is 687. The number of nitrogens with one attached hydrogen (secondary N) is 2. The summed E-state index contributed by atoms with van der Waals surface area (Å²) in [5.41, 5.74) is 1.46. The van der Waals surface area contributed by atoms with Crippen LogP contribution in [0.5, 0.6) is 0 Å². The highest BCUT2D eigenvalue weighted by Gasteiger charge is 2.06. The Balaban J connectivity index is 1.82. The van der Waals surface area contributed by atoms with Gasteiger partial charge in [-0.15, -0.1) is 0 Å². The van der Waals surface area contributed by atoms with Crippen molar-refractivity contribution in [2.75, 3.05) is 19.6 Å². The molecule has 0 aliphatic carbocycles. The minimum absolute atomic E-state index is 0.458. The molecule has 1 atom stereocenters. The zero-order valence-corrected chi connectivity index (χ0v) is 14.9. The largest absolute Gasteiger partial charge is 0.388 e. The molecule has 0 radical (unpaired) electrons. The van der Waals surface area contributed by atoms with Crippen LogP contribution >= 0.6 is 0 Å². The van der Waals surface area contributed by atoms with Crippen molar-refractivity contribution in [3.05, 3.63) is 71.3 Å². The molecule has 1 unspecified atom stereocenters. The zero-order chi connectivity index (χ0) is 18.8. The van der Waals surface area contributed by atoms with Gasteiger partial charge in [0.05, 0.1) is 6.10 Å². The van der Waals surface area contributed by atoms with E-state index in [1.807, 2.05) is 37.3 Å². The van der Waals surface area contributed by atoms with Gasteiger partial charge < -0.3 is 15.7 Å². The van der Waals surface area contributed by atoms with Crippen molar-refractivity contribution in [1.82, 2.24) is 10.6 Å². The summed E-state index contributed by atoms with van der Waals surface area (Å²) >= 11 is 0. The number of benzene rings is 2. The summed E-state index contributed by atoms with van der Waals surface area (Å²) < 4.78 is 26.4. The molecule has 0 spiro atoms. The Morgan fingerprint density at radius 3 is 2.42 bits per heavy atom. The lowest BCUT2D eigenvalue weighted by Crippen LogP contribution is -2.38. The van der Waals surface area contributed by atoms with Crippen LogP contribution in [-0.4, -0.2) is 30.7 Å². The molecule has 0 aliphatic heterocycles. The van der Waals surface area contributed by atoms with E-state index in [1.165, 1.54) is 12.1 Å². The molecular formula is C20H25F2N3O. The maximum Gasteiger partial charge on any atom is 0.191 e. The number of aliphatic imine (C=N–C) groups is 1. The molecule has 26 heavy (non-hydrogen) atoms. The van der Waals surface area contributed by atoms with Gasteiger partial charge in [0.25, 0.3) is 0 Å². The van der Waals surface area contributed by atoms with E-state index in [0.717, 1.165) is 11.6 Å². The van der Waals surface area contributed by atoms with Gasteiger partial charge in [-0.05, 0) is 43.0 Å². The van der Waals surface area contributed by atoms with Gasteiger partial charge in [0.2, 0.25) is 0 Å². The first kappa shape index (κ1) is 19.8. The quantitative estimate of drug-likeness (QED) is 0.500. The standard InChI is InChI=1S/C20H25F2N3O/c1-2-23-20(24-10-8-15-12-17(21)14-18(22)13-15)25-11-9-19(26)16-6-4-3-5-7-16/h3-7,12-14,19,26H,2,8-11H2,1H3,(H2,23,24,25). The van der Waals surface area contributed by atoms with Crippen LogP contribution in [0.15, 0.2) is 53.5 Å². The number of aliphatic hydroxyl groups is 1. The second-order valence-corrected chi connectivity index (χ2v) is 5.93. The predicted octanol–water partition coefficient (Wildman–Crippen LogP) is 3.19. The van der Waals surface area contributed by atoms with E-state index in [0.29, 0.717) is 44.0 Å². The normalized spacial score (nSPS) is 12.7. The van der Waals surface area contributed by atoms with Crippen LogP contribution in [-0.2, 0) is 6.42 Å².